The van der Waals surface area contributed by atoms with Crippen molar-refractivity contribution < 1.29 is 8.42 Å². The van der Waals surface area contributed by atoms with Crippen LogP contribution in [0.1, 0.15) is 39.0 Å². The van der Waals surface area contributed by atoms with Crippen molar-refractivity contribution in [2.45, 2.75) is 49.2 Å². The lowest BCUT2D eigenvalue weighted by molar-refractivity contribution is 0.268. The number of hydrogen-bond donors (Lipinski definition) is 1. The summed E-state index contributed by atoms with van der Waals surface area (Å²) >= 11 is 5.95. The SMILES string of the molecule is CCCC1CCC(CN)C(S(=O)(=O)c2cccc(Cl)c2)C1. The largest absolute Gasteiger partial charge is 0.330 e. The first-order valence-electron chi connectivity index (χ1n) is 7.68. The van der Waals surface area contributed by atoms with Gasteiger partial charge in [0.05, 0.1) is 10.1 Å². The van der Waals surface area contributed by atoms with Crippen LogP contribution in [-0.4, -0.2) is 20.2 Å². The molecule has 5 heteroatoms. The molecule has 0 bridgehead atoms. The van der Waals surface area contributed by atoms with Gasteiger partial charge in [-0.15, -0.1) is 0 Å². The van der Waals surface area contributed by atoms with Gasteiger partial charge in [-0.25, -0.2) is 8.42 Å². The van der Waals surface area contributed by atoms with Crippen LogP contribution in [0.25, 0.3) is 0 Å². The van der Waals surface area contributed by atoms with E-state index in [4.69, 9.17) is 17.3 Å². The fourth-order valence-electron chi connectivity index (χ4n) is 3.41. The maximum absolute atomic E-state index is 12.9. The molecule has 3 atom stereocenters. The second-order valence-corrected chi connectivity index (χ2v) is 8.61. The average Bonchev–Trinajstić information content (AvgIpc) is 2.47. The molecule has 21 heavy (non-hydrogen) atoms. The Labute approximate surface area is 132 Å². The summed E-state index contributed by atoms with van der Waals surface area (Å²) in [6.45, 7) is 2.58. The maximum atomic E-state index is 12.9. The Balaban J connectivity index is 2.30. The van der Waals surface area contributed by atoms with Crippen LogP contribution in [0.2, 0.25) is 5.02 Å². The van der Waals surface area contributed by atoms with E-state index in [1.807, 2.05) is 0 Å². The first-order valence-corrected chi connectivity index (χ1v) is 9.61. The summed E-state index contributed by atoms with van der Waals surface area (Å²) in [4.78, 5) is 0.329. The van der Waals surface area contributed by atoms with Gasteiger partial charge in [-0.3, -0.25) is 0 Å². The molecule has 0 heterocycles. The molecule has 0 aromatic heterocycles. The van der Waals surface area contributed by atoms with Crippen LogP contribution in [-0.2, 0) is 9.84 Å². The Kier molecular flexibility index (Phi) is 5.69. The Morgan fingerprint density at radius 1 is 1.33 bits per heavy atom. The third kappa shape index (κ3) is 3.79. The van der Waals surface area contributed by atoms with E-state index in [-0.39, 0.29) is 11.2 Å². The third-order valence-corrected chi connectivity index (χ3v) is 7.08. The lowest BCUT2D eigenvalue weighted by Gasteiger charge is -2.35. The van der Waals surface area contributed by atoms with Crippen LogP contribution < -0.4 is 5.73 Å². The van der Waals surface area contributed by atoms with E-state index >= 15 is 0 Å². The molecule has 0 amide bonds. The summed E-state index contributed by atoms with van der Waals surface area (Å²) in [7, 11) is -3.36. The Morgan fingerprint density at radius 3 is 2.71 bits per heavy atom. The first-order chi connectivity index (χ1) is 9.98. The molecule has 1 fully saturated rings. The van der Waals surface area contributed by atoms with Crippen molar-refractivity contribution in [3.8, 4) is 0 Å². The zero-order valence-electron chi connectivity index (χ0n) is 12.5. The number of nitrogens with two attached hydrogens (primary N) is 1. The number of sulfone groups is 1. The molecule has 0 aliphatic heterocycles. The molecule has 2 rings (SSSR count). The van der Waals surface area contributed by atoms with Crippen LogP contribution in [0.3, 0.4) is 0 Å². The van der Waals surface area contributed by atoms with Crippen molar-refractivity contribution in [3.05, 3.63) is 29.3 Å². The van der Waals surface area contributed by atoms with Gasteiger partial charge in [0.1, 0.15) is 0 Å². The molecule has 0 radical (unpaired) electrons. The van der Waals surface area contributed by atoms with Gasteiger partial charge in [-0.1, -0.05) is 43.9 Å². The fraction of sp³-hybridized carbons (Fsp3) is 0.625. The van der Waals surface area contributed by atoms with Crippen LogP contribution in [0.4, 0.5) is 0 Å². The van der Waals surface area contributed by atoms with Crippen LogP contribution in [0, 0.1) is 11.8 Å². The topological polar surface area (TPSA) is 60.2 Å². The van der Waals surface area contributed by atoms with Crippen molar-refractivity contribution in [2.24, 2.45) is 17.6 Å². The molecule has 3 nitrogen and oxygen atoms in total. The molecule has 0 saturated heterocycles. The minimum atomic E-state index is -3.36. The summed E-state index contributed by atoms with van der Waals surface area (Å²) in [6, 6.07) is 6.58. The Morgan fingerprint density at radius 2 is 2.10 bits per heavy atom. The number of halogens is 1. The molecule has 0 spiro atoms. The summed E-state index contributed by atoms with van der Waals surface area (Å²) in [6.07, 6.45) is 4.92. The Bertz CT molecular complexity index is 573. The van der Waals surface area contributed by atoms with Gasteiger partial charge < -0.3 is 5.73 Å². The molecule has 2 N–H and O–H groups in total. The first kappa shape index (κ1) is 16.8. The number of hydrogen-bond acceptors (Lipinski definition) is 3. The quantitative estimate of drug-likeness (QED) is 0.896. The predicted octanol–water partition coefficient (Wildman–Crippen LogP) is 3.66. The van der Waals surface area contributed by atoms with Gasteiger partial charge in [0.2, 0.25) is 0 Å². The second kappa shape index (κ2) is 7.12. The van der Waals surface area contributed by atoms with Crippen LogP contribution >= 0.6 is 11.6 Å². The second-order valence-electron chi connectivity index (χ2n) is 6.00. The van der Waals surface area contributed by atoms with Gasteiger partial charge >= 0.3 is 0 Å². The minimum Gasteiger partial charge on any atom is -0.330 e. The highest BCUT2D eigenvalue weighted by molar-refractivity contribution is 7.92. The van der Waals surface area contributed by atoms with Crippen LogP contribution in [0.15, 0.2) is 29.2 Å². The van der Waals surface area contributed by atoms with E-state index in [2.05, 4.69) is 6.92 Å². The molecule has 1 aromatic carbocycles. The van der Waals surface area contributed by atoms with E-state index in [1.54, 1.807) is 24.3 Å². The van der Waals surface area contributed by atoms with E-state index < -0.39 is 9.84 Å². The molecular formula is C16H24ClNO2S. The smallest absolute Gasteiger partial charge is 0.181 e. The van der Waals surface area contributed by atoms with E-state index in [1.165, 1.54) is 0 Å². The van der Waals surface area contributed by atoms with Gasteiger partial charge in [0.15, 0.2) is 9.84 Å². The molecule has 118 valence electrons. The normalized spacial score (nSPS) is 26.7. The molecular weight excluding hydrogens is 306 g/mol. The lowest BCUT2D eigenvalue weighted by Crippen LogP contribution is -2.39. The summed E-state index contributed by atoms with van der Waals surface area (Å²) in [5.74, 6) is 0.554. The minimum absolute atomic E-state index is 0.0575. The van der Waals surface area contributed by atoms with Gasteiger partial charge in [0.25, 0.3) is 0 Å². The van der Waals surface area contributed by atoms with Crippen molar-refractivity contribution in [3.63, 3.8) is 0 Å². The number of rotatable bonds is 5. The van der Waals surface area contributed by atoms with Gasteiger partial charge in [-0.05, 0) is 49.4 Å². The molecule has 1 aromatic rings. The molecule has 1 aliphatic rings. The fourth-order valence-corrected chi connectivity index (χ4v) is 5.86. The zero-order valence-corrected chi connectivity index (χ0v) is 14.0. The highest BCUT2D eigenvalue weighted by Gasteiger charge is 2.38. The van der Waals surface area contributed by atoms with Crippen molar-refractivity contribution in [1.82, 2.24) is 0 Å². The average molecular weight is 330 g/mol. The number of benzene rings is 1. The summed E-state index contributed by atoms with van der Waals surface area (Å²) < 4.78 is 25.9. The van der Waals surface area contributed by atoms with Gasteiger partial charge in [-0.2, -0.15) is 0 Å². The predicted molar refractivity (Wildman–Crippen MR) is 87.2 cm³/mol. The highest BCUT2D eigenvalue weighted by Crippen LogP contribution is 2.37. The highest BCUT2D eigenvalue weighted by atomic mass is 35.5. The Hall–Kier alpha value is -0.580. The lowest BCUT2D eigenvalue weighted by atomic mass is 9.80. The summed E-state index contributed by atoms with van der Waals surface area (Å²) in [5.41, 5.74) is 5.83. The third-order valence-electron chi connectivity index (χ3n) is 4.56. The van der Waals surface area contributed by atoms with Crippen molar-refractivity contribution in [2.75, 3.05) is 6.54 Å². The van der Waals surface area contributed by atoms with Crippen molar-refractivity contribution >= 4 is 21.4 Å². The van der Waals surface area contributed by atoms with E-state index in [0.717, 1.165) is 32.1 Å². The van der Waals surface area contributed by atoms with E-state index in [9.17, 15) is 8.42 Å². The molecule has 1 aliphatic carbocycles. The van der Waals surface area contributed by atoms with Crippen molar-refractivity contribution in [1.29, 1.82) is 0 Å². The molecule has 3 unspecified atom stereocenters. The summed E-state index contributed by atoms with van der Waals surface area (Å²) in [5, 5.41) is 0.0903. The monoisotopic (exact) mass is 329 g/mol. The standard InChI is InChI=1S/C16H24ClNO2S/c1-2-4-12-7-8-13(11-18)16(9-12)21(19,20)15-6-3-5-14(17)10-15/h3,5-6,10,12-13,16H,2,4,7-9,11,18H2,1H3. The van der Waals surface area contributed by atoms with Crippen LogP contribution in [0.5, 0.6) is 0 Å². The molecule has 1 saturated carbocycles. The zero-order chi connectivity index (χ0) is 15.5. The van der Waals surface area contributed by atoms with E-state index in [0.29, 0.717) is 22.4 Å². The maximum Gasteiger partial charge on any atom is 0.181 e. The van der Waals surface area contributed by atoms with Gasteiger partial charge in [0, 0.05) is 5.02 Å².